The summed E-state index contributed by atoms with van der Waals surface area (Å²) in [6.07, 6.45) is -1.50. The third-order valence-corrected chi connectivity index (χ3v) is 6.78. The quantitative estimate of drug-likeness (QED) is 0.208. The summed E-state index contributed by atoms with van der Waals surface area (Å²) in [6, 6.07) is 18.0. The molecule has 45 heavy (non-hydrogen) atoms. The number of carbonyl (C=O) groups is 5. The monoisotopic (exact) mass is 619 g/mol. The van der Waals surface area contributed by atoms with Crippen molar-refractivity contribution in [3.05, 3.63) is 83.9 Å². The van der Waals surface area contributed by atoms with Crippen molar-refractivity contribution in [1.82, 2.24) is 16.0 Å². The highest BCUT2D eigenvalue weighted by molar-refractivity contribution is 5.95. The number of amides is 3. The Balaban J connectivity index is 1.88. The average Bonchev–Trinajstić information content (AvgIpc) is 2.97. The van der Waals surface area contributed by atoms with Crippen molar-refractivity contribution in [2.75, 3.05) is 0 Å². The van der Waals surface area contributed by atoms with Crippen LogP contribution in [0.3, 0.4) is 0 Å². The first kappa shape index (κ1) is 34.6. The number of hydrogen-bond acceptors (Lipinski definition) is 7. The summed E-state index contributed by atoms with van der Waals surface area (Å²) in [7, 11) is 0. The van der Waals surface area contributed by atoms with Crippen molar-refractivity contribution in [2.45, 2.75) is 77.8 Å². The van der Waals surface area contributed by atoms with Gasteiger partial charge in [-0.2, -0.15) is 0 Å². The molecule has 0 aliphatic heterocycles. The molecule has 3 atom stereocenters. The maximum absolute atomic E-state index is 13.7. The number of carboxylic acid groups (broad SMARTS) is 1. The minimum absolute atomic E-state index is 0.000964. The molecule has 0 radical (unpaired) electrons. The number of fused-ring (bicyclic) bond motifs is 1. The van der Waals surface area contributed by atoms with Crippen molar-refractivity contribution in [3.8, 4) is 0 Å². The predicted molar refractivity (Wildman–Crippen MR) is 168 cm³/mol. The summed E-state index contributed by atoms with van der Waals surface area (Å²) in [6.45, 7) is 8.22. The number of carbonyl (C=O) groups excluding carboxylic acids is 4. The van der Waals surface area contributed by atoms with Crippen LogP contribution < -0.4 is 16.0 Å². The lowest BCUT2D eigenvalue weighted by molar-refractivity contribution is -0.156. The van der Waals surface area contributed by atoms with E-state index in [4.69, 9.17) is 9.47 Å². The van der Waals surface area contributed by atoms with Crippen LogP contribution in [0.4, 0.5) is 4.79 Å². The number of nitrogens with one attached hydrogen (secondary N) is 3. The fourth-order valence-electron chi connectivity index (χ4n) is 4.61. The van der Waals surface area contributed by atoms with E-state index in [9.17, 15) is 29.1 Å². The number of carboxylic acids is 1. The molecule has 11 nitrogen and oxygen atoms in total. The molecule has 4 N–H and O–H groups in total. The summed E-state index contributed by atoms with van der Waals surface area (Å²) < 4.78 is 10.6. The molecule has 0 aliphatic carbocycles. The Kier molecular flexibility index (Phi) is 12.1. The van der Waals surface area contributed by atoms with E-state index in [1.807, 2.05) is 48.5 Å². The van der Waals surface area contributed by atoms with Gasteiger partial charge in [-0.3, -0.25) is 14.4 Å². The zero-order valence-electron chi connectivity index (χ0n) is 26.2. The Morgan fingerprint density at radius 1 is 0.778 bits per heavy atom. The topological polar surface area (TPSA) is 160 Å². The second kappa shape index (κ2) is 15.7. The Labute approximate surface area is 262 Å². The standard InChI is InChI=1S/C34H41N3O8/c1-21(2)29(32(41)42)37-31(40)26(18-24-16-11-15-23-14-9-10-17-25(23)24)35-30(39)27(19-28(38)45-34(3,4)5)36-33(43)44-20-22-12-7-6-8-13-22/h6-17,21,26-27,29H,18-20H2,1-5H3,(H,35,39)(H,36,43)(H,37,40)(H,41,42)/t26-,27-,29-/m0/s1. The molecule has 0 heterocycles. The summed E-state index contributed by atoms with van der Waals surface area (Å²) in [4.78, 5) is 64.6. The molecule has 0 spiro atoms. The van der Waals surface area contributed by atoms with Gasteiger partial charge in [0.1, 0.15) is 30.3 Å². The Bertz CT molecular complexity index is 1490. The molecule has 3 aromatic rings. The molecule has 3 rings (SSSR count). The van der Waals surface area contributed by atoms with Gasteiger partial charge in [0, 0.05) is 6.42 Å². The number of aliphatic carboxylic acids is 1. The number of hydrogen-bond donors (Lipinski definition) is 4. The Morgan fingerprint density at radius 3 is 2.04 bits per heavy atom. The van der Waals surface area contributed by atoms with E-state index in [0.717, 1.165) is 16.3 Å². The molecule has 3 aromatic carbocycles. The maximum atomic E-state index is 13.7. The van der Waals surface area contributed by atoms with Crippen molar-refractivity contribution >= 4 is 40.6 Å². The first-order valence-corrected chi connectivity index (χ1v) is 14.7. The maximum Gasteiger partial charge on any atom is 0.408 e. The summed E-state index contributed by atoms with van der Waals surface area (Å²) in [5.74, 6) is -4.01. The normalized spacial score (nSPS) is 13.3. The smallest absolute Gasteiger partial charge is 0.408 e. The second-order valence-electron chi connectivity index (χ2n) is 12.0. The lowest BCUT2D eigenvalue weighted by atomic mass is 9.97. The van der Waals surface area contributed by atoms with Gasteiger partial charge < -0.3 is 30.5 Å². The van der Waals surface area contributed by atoms with E-state index >= 15 is 0 Å². The largest absolute Gasteiger partial charge is 0.480 e. The van der Waals surface area contributed by atoms with Crippen LogP contribution in [-0.2, 0) is 41.7 Å². The van der Waals surface area contributed by atoms with Gasteiger partial charge >= 0.3 is 18.0 Å². The van der Waals surface area contributed by atoms with E-state index in [-0.39, 0.29) is 13.0 Å². The number of rotatable bonds is 13. The van der Waals surface area contributed by atoms with E-state index in [1.165, 1.54) is 0 Å². The highest BCUT2D eigenvalue weighted by Gasteiger charge is 2.33. The van der Waals surface area contributed by atoms with Crippen LogP contribution in [0.15, 0.2) is 72.8 Å². The zero-order chi connectivity index (χ0) is 33.1. The Hall–Kier alpha value is -4.93. The first-order chi connectivity index (χ1) is 21.2. The second-order valence-corrected chi connectivity index (χ2v) is 12.0. The molecule has 0 aliphatic rings. The van der Waals surface area contributed by atoms with Gasteiger partial charge in [-0.25, -0.2) is 9.59 Å². The van der Waals surface area contributed by atoms with Crippen molar-refractivity contribution in [3.63, 3.8) is 0 Å². The number of benzene rings is 3. The number of esters is 1. The highest BCUT2D eigenvalue weighted by atomic mass is 16.6. The molecule has 0 unspecified atom stereocenters. The zero-order valence-corrected chi connectivity index (χ0v) is 26.2. The van der Waals surface area contributed by atoms with Crippen molar-refractivity contribution in [2.24, 2.45) is 5.92 Å². The van der Waals surface area contributed by atoms with Crippen molar-refractivity contribution in [1.29, 1.82) is 0 Å². The SMILES string of the molecule is CC(C)[C@H](NC(=O)[C@H](Cc1cccc2ccccc12)NC(=O)[C@H](CC(=O)OC(C)(C)C)NC(=O)OCc1ccccc1)C(=O)O. The summed E-state index contributed by atoms with van der Waals surface area (Å²) >= 11 is 0. The minimum Gasteiger partial charge on any atom is -0.480 e. The third kappa shape index (κ3) is 10.9. The number of ether oxygens (including phenoxy) is 2. The van der Waals surface area contributed by atoms with E-state index in [2.05, 4.69) is 16.0 Å². The molecule has 0 aromatic heterocycles. The highest BCUT2D eigenvalue weighted by Crippen LogP contribution is 2.20. The van der Waals surface area contributed by atoms with Gasteiger partial charge in [0.2, 0.25) is 11.8 Å². The fraction of sp³-hybridized carbons (Fsp3) is 0.382. The molecular weight excluding hydrogens is 578 g/mol. The van der Waals surface area contributed by atoms with E-state index < -0.39 is 65.9 Å². The van der Waals surface area contributed by atoms with Crippen LogP contribution in [0, 0.1) is 5.92 Å². The van der Waals surface area contributed by atoms with Gasteiger partial charge in [-0.1, -0.05) is 86.6 Å². The molecule has 0 bridgehead atoms. The van der Waals surface area contributed by atoms with Gasteiger partial charge in [-0.05, 0) is 48.6 Å². The van der Waals surface area contributed by atoms with Crippen molar-refractivity contribution < 1.29 is 38.6 Å². The van der Waals surface area contributed by atoms with Gasteiger partial charge in [0.15, 0.2) is 0 Å². The minimum atomic E-state index is -1.47. The Morgan fingerprint density at radius 2 is 1.40 bits per heavy atom. The molecule has 240 valence electrons. The van der Waals surface area contributed by atoms with Crippen LogP contribution in [0.1, 0.15) is 52.2 Å². The first-order valence-electron chi connectivity index (χ1n) is 14.7. The van der Waals surface area contributed by atoms with Gasteiger partial charge in [0.05, 0.1) is 6.42 Å². The average molecular weight is 620 g/mol. The number of alkyl carbamates (subject to hydrolysis) is 1. The lowest BCUT2D eigenvalue weighted by Crippen LogP contribution is -2.57. The van der Waals surface area contributed by atoms with Crippen LogP contribution in [0.2, 0.25) is 0 Å². The van der Waals surface area contributed by atoms with E-state index in [1.54, 1.807) is 58.9 Å². The van der Waals surface area contributed by atoms with Crippen LogP contribution in [-0.4, -0.2) is 58.7 Å². The van der Waals surface area contributed by atoms with Crippen LogP contribution in [0.25, 0.3) is 10.8 Å². The summed E-state index contributed by atoms with van der Waals surface area (Å²) in [5, 5.41) is 19.0. The molecular formula is C34H41N3O8. The molecule has 11 heteroatoms. The molecule has 0 saturated heterocycles. The van der Waals surface area contributed by atoms with E-state index in [0.29, 0.717) is 5.56 Å². The van der Waals surface area contributed by atoms with Crippen LogP contribution >= 0.6 is 0 Å². The lowest BCUT2D eigenvalue weighted by Gasteiger charge is -2.26. The van der Waals surface area contributed by atoms with Gasteiger partial charge in [0.25, 0.3) is 0 Å². The predicted octanol–water partition coefficient (Wildman–Crippen LogP) is 4.12. The molecule has 0 saturated carbocycles. The van der Waals surface area contributed by atoms with Crippen LogP contribution in [0.5, 0.6) is 0 Å². The molecule has 0 fully saturated rings. The third-order valence-electron chi connectivity index (χ3n) is 6.78. The fourth-order valence-corrected chi connectivity index (χ4v) is 4.61. The molecule has 3 amide bonds. The summed E-state index contributed by atoms with van der Waals surface area (Å²) in [5.41, 5.74) is 0.584. The van der Waals surface area contributed by atoms with Gasteiger partial charge in [-0.15, -0.1) is 0 Å².